The van der Waals surface area contributed by atoms with Crippen LogP contribution in [0.25, 0.3) is 0 Å². The van der Waals surface area contributed by atoms with Gasteiger partial charge in [-0.2, -0.15) is 0 Å². The summed E-state index contributed by atoms with van der Waals surface area (Å²) in [6.07, 6.45) is 0. The predicted octanol–water partition coefficient (Wildman–Crippen LogP) is 0.815. The van der Waals surface area contributed by atoms with Gasteiger partial charge in [-0.15, -0.1) is 12.4 Å². The van der Waals surface area contributed by atoms with E-state index in [0.717, 1.165) is 0 Å². The number of ether oxygens (including phenoxy) is 1. The highest BCUT2D eigenvalue weighted by molar-refractivity contribution is 5.85. The van der Waals surface area contributed by atoms with E-state index in [2.05, 4.69) is 0 Å². The Hall–Kier alpha value is -0.970. The van der Waals surface area contributed by atoms with Gasteiger partial charge in [-0.3, -0.25) is 0 Å². The molecule has 4 N–H and O–H groups in total. The molecule has 0 aromatic heterocycles. The second-order valence-electron chi connectivity index (χ2n) is 2.71. The van der Waals surface area contributed by atoms with E-state index < -0.39 is 6.04 Å². The number of benzene rings is 1. The number of halogens is 1. The third-order valence-electron chi connectivity index (χ3n) is 1.83. The number of aromatic hydroxyl groups is 1. The molecule has 5 heteroatoms. The second-order valence-corrected chi connectivity index (χ2v) is 2.71. The largest absolute Gasteiger partial charge is 0.507 e. The molecule has 0 spiro atoms. The van der Waals surface area contributed by atoms with E-state index in [1.54, 1.807) is 12.1 Å². The lowest BCUT2D eigenvalue weighted by Gasteiger charge is -2.11. The Balaban J connectivity index is 0.00000169. The van der Waals surface area contributed by atoms with Gasteiger partial charge in [0.1, 0.15) is 11.5 Å². The summed E-state index contributed by atoms with van der Waals surface area (Å²) >= 11 is 0. The minimum absolute atomic E-state index is 0. The molecule has 0 aliphatic rings. The predicted molar refractivity (Wildman–Crippen MR) is 55.9 cm³/mol. The second kappa shape index (κ2) is 5.70. The fourth-order valence-electron chi connectivity index (χ4n) is 1.06. The highest BCUT2D eigenvalue weighted by Gasteiger charge is 2.09. The van der Waals surface area contributed by atoms with Crippen LogP contribution in [0.5, 0.6) is 11.5 Å². The minimum Gasteiger partial charge on any atom is -0.507 e. The van der Waals surface area contributed by atoms with Crippen molar-refractivity contribution in [3.05, 3.63) is 23.8 Å². The van der Waals surface area contributed by atoms with Gasteiger partial charge < -0.3 is 20.7 Å². The molecule has 0 aliphatic carbocycles. The molecule has 1 atom stereocenters. The molecule has 4 nitrogen and oxygen atoms in total. The first kappa shape index (κ1) is 13.0. The molecule has 14 heavy (non-hydrogen) atoms. The summed E-state index contributed by atoms with van der Waals surface area (Å²) in [6.45, 7) is -0.195. The van der Waals surface area contributed by atoms with Crippen molar-refractivity contribution < 1.29 is 14.9 Å². The van der Waals surface area contributed by atoms with E-state index in [9.17, 15) is 5.11 Å². The van der Waals surface area contributed by atoms with Crippen molar-refractivity contribution in [3.8, 4) is 11.5 Å². The van der Waals surface area contributed by atoms with Crippen LogP contribution in [0, 0.1) is 0 Å². The van der Waals surface area contributed by atoms with Crippen molar-refractivity contribution in [2.24, 2.45) is 5.73 Å². The Morgan fingerprint density at radius 1 is 1.50 bits per heavy atom. The van der Waals surface area contributed by atoms with Crippen LogP contribution >= 0.6 is 12.4 Å². The standard InChI is InChI=1S/C9H13NO3.ClH/c1-13-6-2-3-7(8(10)5-11)9(12)4-6;/h2-4,8,11-12H,5,10H2,1H3;1H/t8-;/m0./s1. The zero-order chi connectivity index (χ0) is 9.84. The molecular formula is C9H14ClNO3. The average molecular weight is 220 g/mol. The van der Waals surface area contributed by atoms with E-state index in [4.69, 9.17) is 15.6 Å². The fraction of sp³-hybridized carbons (Fsp3) is 0.333. The van der Waals surface area contributed by atoms with Crippen LogP contribution in [-0.2, 0) is 0 Å². The van der Waals surface area contributed by atoms with E-state index in [1.165, 1.54) is 13.2 Å². The van der Waals surface area contributed by atoms with E-state index >= 15 is 0 Å². The van der Waals surface area contributed by atoms with Crippen LogP contribution in [0.2, 0.25) is 0 Å². The molecule has 80 valence electrons. The molecule has 1 aromatic carbocycles. The number of hydrogen-bond donors (Lipinski definition) is 3. The normalized spacial score (nSPS) is 11.6. The van der Waals surface area contributed by atoms with Gasteiger partial charge in [0.25, 0.3) is 0 Å². The van der Waals surface area contributed by atoms with Gasteiger partial charge in [0.05, 0.1) is 19.8 Å². The molecule has 0 heterocycles. The van der Waals surface area contributed by atoms with E-state index in [1.807, 2.05) is 0 Å². The number of aliphatic hydroxyl groups excluding tert-OH is 1. The molecule has 0 bridgehead atoms. The quantitative estimate of drug-likeness (QED) is 0.704. The van der Waals surface area contributed by atoms with Gasteiger partial charge in [0, 0.05) is 11.6 Å². The van der Waals surface area contributed by atoms with Crippen molar-refractivity contribution in [1.29, 1.82) is 0 Å². The van der Waals surface area contributed by atoms with Crippen LogP contribution in [0.1, 0.15) is 11.6 Å². The Labute approximate surface area is 88.7 Å². The number of aliphatic hydroxyl groups is 1. The summed E-state index contributed by atoms with van der Waals surface area (Å²) in [5.74, 6) is 0.604. The summed E-state index contributed by atoms with van der Waals surface area (Å²) in [5, 5.41) is 18.2. The molecule has 0 unspecified atom stereocenters. The number of hydrogen-bond acceptors (Lipinski definition) is 4. The molecule has 0 fully saturated rings. The van der Waals surface area contributed by atoms with Gasteiger partial charge in [0.2, 0.25) is 0 Å². The molecule has 0 radical (unpaired) electrons. The maximum absolute atomic E-state index is 9.45. The summed E-state index contributed by atoms with van der Waals surface area (Å²) < 4.78 is 4.90. The Morgan fingerprint density at radius 3 is 2.57 bits per heavy atom. The molecule has 0 amide bonds. The summed E-state index contributed by atoms with van der Waals surface area (Å²) in [5.41, 5.74) is 6.05. The van der Waals surface area contributed by atoms with Crippen molar-refractivity contribution >= 4 is 12.4 Å². The molecule has 0 aliphatic heterocycles. The highest BCUT2D eigenvalue weighted by Crippen LogP contribution is 2.26. The maximum Gasteiger partial charge on any atom is 0.124 e. The lowest BCUT2D eigenvalue weighted by Crippen LogP contribution is -2.14. The first-order valence-electron chi connectivity index (χ1n) is 3.92. The number of rotatable bonds is 3. The summed E-state index contributed by atoms with van der Waals surface area (Å²) in [6, 6.07) is 4.23. The Bertz CT molecular complexity index is 293. The third kappa shape index (κ3) is 2.77. The van der Waals surface area contributed by atoms with Crippen molar-refractivity contribution in [1.82, 2.24) is 0 Å². The Morgan fingerprint density at radius 2 is 2.14 bits per heavy atom. The monoisotopic (exact) mass is 219 g/mol. The SMILES string of the molecule is COc1ccc([C@@H](N)CO)c(O)c1.Cl. The van der Waals surface area contributed by atoms with Crippen molar-refractivity contribution in [2.45, 2.75) is 6.04 Å². The number of phenolic OH excluding ortho intramolecular Hbond substituents is 1. The molecule has 1 rings (SSSR count). The van der Waals surface area contributed by atoms with Crippen molar-refractivity contribution in [2.75, 3.05) is 13.7 Å². The molecular weight excluding hydrogens is 206 g/mol. The van der Waals surface area contributed by atoms with Crippen LogP contribution in [0.4, 0.5) is 0 Å². The summed E-state index contributed by atoms with van der Waals surface area (Å²) in [7, 11) is 1.51. The van der Waals surface area contributed by atoms with Gasteiger partial charge >= 0.3 is 0 Å². The zero-order valence-electron chi connectivity index (χ0n) is 7.80. The van der Waals surface area contributed by atoms with Crippen LogP contribution in [-0.4, -0.2) is 23.9 Å². The van der Waals surface area contributed by atoms with Crippen LogP contribution in [0.3, 0.4) is 0 Å². The third-order valence-corrected chi connectivity index (χ3v) is 1.83. The minimum atomic E-state index is -0.550. The lowest BCUT2D eigenvalue weighted by molar-refractivity contribution is 0.265. The lowest BCUT2D eigenvalue weighted by atomic mass is 10.1. The number of phenols is 1. The van der Waals surface area contributed by atoms with E-state index in [-0.39, 0.29) is 24.8 Å². The first-order valence-corrected chi connectivity index (χ1v) is 3.92. The first-order chi connectivity index (χ1) is 6.19. The fourth-order valence-corrected chi connectivity index (χ4v) is 1.06. The Kier molecular flexibility index (Phi) is 5.30. The zero-order valence-corrected chi connectivity index (χ0v) is 8.62. The van der Waals surface area contributed by atoms with Crippen LogP contribution < -0.4 is 10.5 Å². The average Bonchev–Trinajstić information content (AvgIpc) is 2.16. The molecule has 0 saturated heterocycles. The molecule has 1 aromatic rings. The van der Waals surface area contributed by atoms with Crippen molar-refractivity contribution in [3.63, 3.8) is 0 Å². The highest BCUT2D eigenvalue weighted by atomic mass is 35.5. The van der Waals surface area contributed by atoms with Gasteiger partial charge in [-0.05, 0) is 12.1 Å². The van der Waals surface area contributed by atoms with E-state index in [0.29, 0.717) is 11.3 Å². The smallest absolute Gasteiger partial charge is 0.124 e. The van der Waals surface area contributed by atoms with Gasteiger partial charge in [0.15, 0.2) is 0 Å². The summed E-state index contributed by atoms with van der Waals surface area (Å²) in [4.78, 5) is 0. The van der Waals surface area contributed by atoms with Gasteiger partial charge in [-0.1, -0.05) is 0 Å². The number of nitrogens with two attached hydrogens (primary N) is 1. The number of methoxy groups -OCH3 is 1. The topological polar surface area (TPSA) is 75.7 Å². The maximum atomic E-state index is 9.45. The molecule has 0 saturated carbocycles. The van der Waals surface area contributed by atoms with Crippen LogP contribution in [0.15, 0.2) is 18.2 Å². The van der Waals surface area contributed by atoms with Gasteiger partial charge in [-0.25, -0.2) is 0 Å².